The Kier molecular flexibility index (Phi) is 10.8. The van der Waals surface area contributed by atoms with E-state index >= 15 is 0 Å². The van der Waals surface area contributed by atoms with Crippen LogP contribution in [0.5, 0.6) is 0 Å². The summed E-state index contributed by atoms with van der Waals surface area (Å²) in [5.41, 5.74) is 5.35. The topological polar surface area (TPSA) is 78.7 Å². The van der Waals surface area contributed by atoms with E-state index < -0.39 is 0 Å². The summed E-state index contributed by atoms with van der Waals surface area (Å²) in [5.74, 6) is 0.117. The number of rotatable bonds is 4. The fraction of sp³-hybridized carbons (Fsp3) is 0.857. The number of piperazine rings is 1. The van der Waals surface area contributed by atoms with Gasteiger partial charge in [0.05, 0.1) is 13.1 Å². The van der Waals surface area contributed by atoms with Gasteiger partial charge in [-0.1, -0.05) is 19.3 Å². The van der Waals surface area contributed by atoms with Crippen LogP contribution in [0.2, 0.25) is 0 Å². The van der Waals surface area contributed by atoms with E-state index in [1.165, 1.54) is 19.3 Å². The second-order valence-corrected chi connectivity index (χ2v) is 5.76. The largest absolute Gasteiger partial charge is 0.352 e. The summed E-state index contributed by atoms with van der Waals surface area (Å²) < 4.78 is 0. The first-order valence-electron chi connectivity index (χ1n) is 7.68. The molecule has 1 saturated carbocycles. The standard InChI is InChI=1S/C14H26N4O2.2ClH/c15-10-14(20)18-8-6-17(7-9-18)11-13(19)16-12-4-2-1-3-5-12;;/h12H,1-11,15H2,(H,16,19);2*1H. The van der Waals surface area contributed by atoms with Crippen molar-refractivity contribution in [1.29, 1.82) is 0 Å². The van der Waals surface area contributed by atoms with Gasteiger partial charge >= 0.3 is 0 Å². The number of nitrogens with zero attached hydrogens (tertiary/aromatic N) is 2. The highest BCUT2D eigenvalue weighted by Crippen LogP contribution is 2.17. The van der Waals surface area contributed by atoms with Crippen LogP contribution in [0.25, 0.3) is 0 Å². The van der Waals surface area contributed by atoms with E-state index in [9.17, 15) is 9.59 Å². The minimum Gasteiger partial charge on any atom is -0.352 e. The summed E-state index contributed by atoms with van der Waals surface area (Å²) >= 11 is 0. The lowest BCUT2D eigenvalue weighted by molar-refractivity contribution is -0.131. The van der Waals surface area contributed by atoms with Crippen LogP contribution in [0.3, 0.4) is 0 Å². The first kappa shape index (κ1) is 21.4. The molecule has 0 spiro atoms. The number of hydrogen-bond donors (Lipinski definition) is 2. The van der Waals surface area contributed by atoms with Gasteiger partial charge in [0.1, 0.15) is 0 Å². The van der Waals surface area contributed by atoms with Gasteiger partial charge in [0, 0.05) is 32.2 Å². The van der Waals surface area contributed by atoms with Crippen molar-refractivity contribution in [2.45, 2.75) is 38.1 Å². The fourth-order valence-corrected chi connectivity index (χ4v) is 3.01. The molecular weight excluding hydrogens is 327 g/mol. The van der Waals surface area contributed by atoms with Gasteiger partial charge in [0.15, 0.2) is 0 Å². The Labute approximate surface area is 145 Å². The van der Waals surface area contributed by atoms with Crippen molar-refractivity contribution in [3.63, 3.8) is 0 Å². The number of nitrogens with one attached hydrogen (secondary N) is 1. The molecular formula is C14H28Cl2N4O2. The van der Waals surface area contributed by atoms with Crippen LogP contribution >= 0.6 is 24.8 Å². The first-order valence-corrected chi connectivity index (χ1v) is 7.68. The van der Waals surface area contributed by atoms with Crippen LogP contribution in [0.4, 0.5) is 0 Å². The molecule has 6 nitrogen and oxygen atoms in total. The number of nitrogens with two attached hydrogens (primary N) is 1. The molecule has 3 N–H and O–H groups in total. The maximum Gasteiger partial charge on any atom is 0.236 e. The molecule has 130 valence electrons. The maximum absolute atomic E-state index is 12.0. The Balaban J connectivity index is 0.00000220. The van der Waals surface area contributed by atoms with E-state index in [1.54, 1.807) is 4.90 Å². The fourth-order valence-electron chi connectivity index (χ4n) is 3.01. The predicted molar refractivity (Wildman–Crippen MR) is 91.6 cm³/mol. The smallest absolute Gasteiger partial charge is 0.236 e. The Morgan fingerprint density at radius 2 is 1.59 bits per heavy atom. The lowest BCUT2D eigenvalue weighted by Crippen LogP contribution is -2.53. The Morgan fingerprint density at radius 1 is 1.00 bits per heavy atom. The molecule has 22 heavy (non-hydrogen) atoms. The summed E-state index contributed by atoms with van der Waals surface area (Å²) in [6, 6.07) is 0.372. The van der Waals surface area contributed by atoms with Gasteiger partial charge in [-0.05, 0) is 12.8 Å². The Hall–Kier alpha value is -0.560. The number of hydrogen-bond acceptors (Lipinski definition) is 4. The zero-order valence-corrected chi connectivity index (χ0v) is 14.6. The quantitative estimate of drug-likeness (QED) is 0.764. The second-order valence-electron chi connectivity index (χ2n) is 5.76. The van der Waals surface area contributed by atoms with Crippen LogP contribution in [0.1, 0.15) is 32.1 Å². The van der Waals surface area contributed by atoms with Gasteiger partial charge in [0.25, 0.3) is 0 Å². The third kappa shape index (κ3) is 6.69. The lowest BCUT2D eigenvalue weighted by atomic mass is 9.95. The van der Waals surface area contributed by atoms with Crippen LogP contribution in [0, 0.1) is 0 Å². The van der Waals surface area contributed by atoms with Crippen LogP contribution in [-0.4, -0.2) is 66.9 Å². The monoisotopic (exact) mass is 354 g/mol. The van der Waals surface area contributed by atoms with Gasteiger partial charge in [-0.2, -0.15) is 0 Å². The molecule has 2 amide bonds. The Bertz CT molecular complexity index is 344. The van der Waals surface area contributed by atoms with E-state index in [0.717, 1.165) is 25.9 Å². The molecule has 1 heterocycles. The van der Waals surface area contributed by atoms with E-state index in [-0.39, 0.29) is 43.2 Å². The van der Waals surface area contributed by atoms with Gasteiger partial charge in [-0.25, -0.2) is 0 Å². The van der Waals surface area contributed by atoms with Gasteiger partial charge in [-0.3, -0.25) is 14.5 Å². The molecule has 1 saturated heterocycles. The molecule has 0 atom stereocenters. The molecule has 1 aliphatic heterocycles. The van der Waals surface area contributed by atoms with Crippen molar-refractivity contribution < 1.29 is 9.59 Å². The summed E-state index contributed by atoms with van der Waals surface area (Å²) in [4.78, 5) is 27.3. The van der Waals surface area contributed by atoms with Crippen LogP contribution in [-0.2, 0) is 9.59 Å². The van der Waals surface area contributed by atoms with Crippen molar-refractivity contribution in [1.82, 2.24) is 15.1 Å². The summed E-state index contributed by atoms with van der Waals surface area (Å²) in [7, 11) is 0. The minimum atomic E-state index is -0.00342. The van der Waals surface area contributed by atoms with Gasteiger partial charge < -0.3 is 16.0 Å². The minimum absolute atomic E-state index is 0. The van der Waals surface area contributed by atoms with E-state index in [2.05, 4.69) is 10.2 Å². The molecule has 0 aromatic carbocycles. The summed E-state index contributed by atoms with van der Waals surface area (Å²) in [5, 5.41) is 3.13. The van der Waals surface area contributed by atoms with Crippen molar-refractivity contribution in [3.8, 4) is 0 Å². The zero-order chi connectivity index (χ0) is 14.4. The van der Waals surface area contributed by atoms with E-state index in [0.29, 0.717) is 25.7 Å². The molecule has 2 aliphatic rings. The van der Waals surface area contributed by atoms with Crippen molar-refractivity contribution in [2.75, 3.05) is 39.3 Å². The predicted octanol–water partition coefficient (Wildman–Crippen LogP) is 0.382. The number of halogens is 2. The van der Waals surface area contributed by atoms with Crippen molar-refractivity contribution >= 4 is 36.6 Å². The molecule has 2 rings (SSSR count). The number of carbonyl (C=O) groups excluding carboxylic acids is 2. The average Bonchev–Trinajstić information content (AvgIpc) is 2.48. The van der Waals surface area contributed by atoms with E-state index in [1.807, 2.05) is 0 Å². The maximum atomic E-state index is 12.0. The molecule has 0 aromatic rings. The van der Waals surface area contributed by atoms with Gasteiger partial charge in [0.2, 0.25) is 11.8 Å². The SMILES string of the molecule is Cl.Cl.NCC(=O)N1CCN(CC(=O)NC2CCCCC2)CC1. The average molecular weight is 355 g/mol. The van der Waals surface area contributed by atoms with Crippen molar-refractivity contribution in [3.05, 3.63) is 0 Å². The summed E-state index contributed by atoms with van der Waals surface area (Å²) in [6.45, 7) is 3.37. The molecule has 0 bridgehead atoms. The zero-order valence-electron chi connectivity index (χ0n) is 13.0. The highest BCUT2D eigenvalue weighted by Gasteiger charge is 2.22. The molecule has 8 heteroatoms. The van der Waals surface area contributed by atoms with Crippen LogP contribution < -0.4 is 11.1 Å². The third-order valence-electron chi connectivity index (χ3n) is 4.24. The van der Waals surface area contributed by atoms with E-state index in [4.69, 9.17) is 5.73 Å². The molecule has 2 fully saturated rings. The van der Waals surface area contributed by atoms with Gasteiger partial charge in [-0.15, -0.1) is 24.8 Å². The third-order valence-corrected chi connectivity index (χ3v) is 4.24. The molecule has 1 aliphatic carbocycles. The summed E-state index contributed by atoms with van der Waals surface area (Å²) in [6.07, 6.45) is 5.98. The Morgan fingerprint density at radius 3 is 2.14 bits per heavy atom. The molecule has 0 radical (unpaired) electrons. The number of carbonyl (C=O) groups is 2. The lowest BCUT2D eigenvalue weighted by Gasteiger charge is -2.34. The number of amides is 2. The highest BCUT2D eigenvalue weighted by molar-refractivity contribution is 5.85. The first-order chi connectivity index (χ1) is 9.69. The molecule has 0 unspecified atom stereocenters. The molecule has 0 aromatic heterocycles. The van der Waals surface area contributed by atoms with Crippen molar-refractivity contribution in [2.24, 2.45) is 5.73 Å². The van der Waals surface area contributed by atoms with Crippen LogP contribution in [0.15, 0.2) is 0 Å². The normalized spacial score (nSPS) is 19.8. The second kappa shape index (κ2) is 11.0. The highest BCUT2D eigenvalue weighted by atomic mass is 35.5.